The number of hydrogen-bond donors (Lipinski definition) is 1. The minimum atomic E-state index is -0.0309. The Labute approximate surface area is 130 Å². The number of rotatable bonds is 3. The fourth-order valence-corrected chi connectivity index (χ4v) is 3.41. The average molecular weight is 302 g/mol. The normalized spacial score (nSPS) is 10.7. The summed E-state index contributed by atoms with van der Waals surface area (Å²) in [4.78, 5) is 15.2. The fraction of sp³-hybridized carbons (Fsp3) is 0.353. The molecular weight excluding hydrogens is 280 g/mol. The summed E-state index contributed by atoms with van der Waals surface area (Å²) in [6.07, 6.45) is 0.873. The van der Waals surface area contributed by atoms with E-state index in [1.807, 2.05) is 0 Å². The van der Waals surface area contributed by atoms with E-state index in [1.165, 1.54) is 27.3 Å². The van der Waals surface area contributed by atoms with E-state index in [9.17, 15) is 4.79 Å². The summed E-state index contributed by atoms with van der Waals surface area (Å²) in [5, 5.41) is 0.610. The SMILES string of the molecule is CCc1sc(N)c(C(=O)N(C)C)c1-c1ccc(C)c(C)c1. The lowest BCUT2D eigenvalue weighted by Gasteiger charge is -2.13. The van der Waals surface area contributed by atoms with Gasteiger partial charge in [0, 0.05) is 24.5 Å². The van der Waals surface area contributed by atoms with Crippen LogP contribution in [0.5, 0.6) is 0 Å². The van der Waals surface area contributed by atoms with Gasteiger partial charge in [0.05, 0.1) is 10.6 Å². The molecule has 0 saturated carbocycles. The summed E-state index contributed by atoms with van der Waals surface area (Å²) >= 11 is 1.52. The minimum Gasteiger partial charge on any atom is -0.390 e. The van der Waals surface area contributed by atoms with Gasteiger partial charge in [-0.25, -0.2) is 0 Å². The molecule has 4 heteroatoms. The van der Waals surface area contributed by atoms with Gasteiger partial charge < -0.3 is 10.6 Å². The largest absolute Gasteiger partial charge is 0.390 e. The molecule has 2 N–H and O–H groups in total. The van der Waals surface area contributed by atoms with Gasteiger partial charge in [-0.2, -0.15) is 0 Å². The van der Waals surface area contributed by atoms with Crippen LogP contribution in [0.2, 0.25) is 0 Å². The molecule has 2 aromatic rings. The molecule has 0 aliphatic carbocycles. The van der Waals surface area contributed by atoms with Crippen molar-refractivity contribution in [1.29, 1.82) is 0 Å². The van der Waals surface area contributed by atoms with Crippen molar-refractivity contribution in [3.05, 3.63) is 39.8 Å². The number of anilines is 1. The third-order valence-electron chi connectivity index (χ3n) is 3.75. The number of aryl methyl sites for hydroxylation is 3. The van der Waals surface area contributed by atoms with E-state index in [2.05, 4.69) is 39.0 Å². The predicted octanol–water partition coefficient (Wildman–Crippen LogP) is 3.88. The maximum atomic E-state index is 12.5. The molecule has 0 atom stereocenters. The molecule has 1 amide bonds. The van der Waals surface area contributed by atoms with E-state index in [0.717, 1.165) is 17.5 Å². The minimum absolute atomic E-state index is 0.0309. The number of hydrogen-bond acceptors (Lipinski definition) is 3. The van der Waals surface area contributed by atoms with Crippen LogP contribution in [-0.4, -0.2) is 24.9 Å². The van der Waals surface area contributed by atoms with E-state index in [4.69, 9.17) is 5.73 Å². The first-order valence-corrected chi connectivity index (χ1v) is 7.88. The Morgan fingerprint density at radius 3 is 2.43 bits per heavy atom. The first-order chi connectivity index (χ1) is 9.86. The average Bonchev–Trinajstić information content (AvgIpc) is 2.77. The van der Waals surface area contributed by atoms with Crippen LogP contribution in [0.4, 0.5) is 5.00 Å². The molecule has 1 aromatic heterocycles. The van der Waals surface area contributed by atoms with Crippen LogP contribution in [0.25, 0.3) is 11.1 Å². The Hall–Kier alpha value is -1.81. The van der Waals surface area contributed by atoms with E-state index in [0.29, 0.717) is 10.6 Å². The van der Waals surface area contributed by atoms with Gasteiger partial charge in [0.25, 0.3) is 5.91 Å². The lowest BCUT2D eigenvalue weighted by atomic mass is 9.96. The lowest BCUT2D eigenvalue weighted by molar-refractivity contribution is 0.0829. The molecule has 0 radical (unpaired) electrons. The van der Waals surface area contributed by atoms with Gasteiger partial charge >= 0.3 is 0 Å². The molecule has 0 saturated heterocycles. The number of amides is 1. The summed E-state index contributed by atoms with van der Waals surface area (Å²) in [6.45, 7) is 6.28. The zero-order valence-corrected chi connectivity index (χ0v) is 14.1. The van der Waals surface area contributed by atoms with Crippen LogP contribution >= 0.6 is 11.3 Å². The zero-order chi connectivity index (χ0) is 15.7. The zero-order valence-electron chi connectivity index (χ0n) is 13.3. The van der Waals surface area contributed by atoms with Gasteiger partial charge in [-0.1, -0.05) is 25.1 Å². The lowest BCUT2D eigenvalue weighted by Crippen LogP contribution is -2.22. The summed E-state index contributed by atoms with van der Waals surface area (Å²) in [5.41, 5.74) is 11.3. The molecule has 0 spiro atoms. The van der Waals surface area contributed by atoms with Crippen molar-refractivity contribution in [3.8, 4) is 11.1 Å². The summed E-state index contributed by atoms with van der Waals surface area (Å²) in [5.74, 6) is -0.0309. The Morgan fingerprint density at radius 2 is 1.90 bits per heavy atom. The van der Waals surface area contributed by atoms with Gasteiger partial charge in [0.2, 0.25) is 0 Å². The number of nitrogen functional groups attached to an aromatic ring is 1. The molecular formula is C17H22N2OS. The maximum Gasteiger partial charge on any atom is 0.256 e. The molecule has 0 aliphatic heterocycles. The van der Waals surface area contributed by atoms with Gasteiger partial charge in [-0.3, -0.25) is 4.79 Å². The standard InChI is InChI=1S/C17H22N2OS/c1-6-13-14(12-8-7-10(2)11(3)9-12)15(16(18)21-13)17(20)19(4)5/h7-9H,6,18H2,1-5H3. The van der Waals surface area contributed by atoms with Crippen molar-refractivity contribution in [2.45, 2.75) is 27.2 Å². The van der Waals surface area contributed by atoms with Crippen molar-refractivity contribution in [2.24, 2.45) is 0 Å². The second-order valence-electron chi connectivity index (χ2n) is 5.49. The first kappa shape index (κ1) is 15.6. The molecule has 21 heavy (non-hydrogen) atoms. The highest BCUT2D eigenvalue weighted by atomic mass is 32.1. The van der Waals surface area contributed by atoms with Gasteiger partial charge in [-0.05, 0) is 37.0 Å². The quantitative estimate of drug-likeness (QED) is 0.935. The van der Waals surface area contributed by atoms with Gasteiger partial charge in [0.1, 0.15) is 0 Å². The smallest absolute Gasteiger partial charge is 0.256 e. The number of carbonyl (C=O) groups excluding carboxylic acids is 1. The van der Waals surface area contributed by atoms with Crippen molar-refractivity contribution in [1.82, 2.24) is 4.90 Å². The highest BCUT2D eigenvalue weighted by Gasteiger charge is 2.24. The molecule has 3 nitrogen and oxygen atoms in total. The van der Waals surface area contributed by atoms with Gasteiger partial charge in [0.15, 0.2) is 0 Å². The van der Waals surface area contributed by atoms with Gasteiger partial charge in [-0.15, -0.1) is 11.3 Å². The van der Waals surface area contributed by atoms with Crippen molar-refractivity contribution < 1.29 is 4.79 Å². The van der Waals surface area contributed by atoms with E-state index in [1.54, 1.807) is 19.0 Å². The van der Waals surface area contributed by atoms with Crippen LogP contribution in [0.15, 0.2) is 18.2 Å². The monoisotopic (exact) mass is 302 g/mol. The van der Waals surface area contributed by atoms with Crippen LogP contribution in [-0.2, 0) is 6.42 Å². The Morgan fingerprint density at radius 1 is 1.24 bits per heavy atom. The van der Waals surface area contributed by atoms with Crippen LogP contribution in [0.1, 0.15) is 33.3 Å². The fourth-order valence-electron chi connectivity index (χ4n) is 2.38. The number of nitrogens with two attached hydrogens (primary N) is 1. The van der Waals surface area contributed by atoms with Crippen molar-refractivity contribution >= 4 is 22.2 Å². The Bertz CT molecular complexity index is 686. The summed E-state index contributed by atoms with van der Waals surface area (Å²) in [6, 6.07) is 6.32. The van der Waals surface area contributed by atoms with E-state index in [-0.39, 0.29) is 5.91 Å². The summed E-state index contributed by atoms with van der Waals surface area (Å²) < 4.78 is 0. The van der Waals surface area contributed by atoms with Crippen molar-refractivity contribution in [2.75, 3.05) is 19.8 Å². The second kappa shape index (κ2) is 5.90. The molecule has 1 heterocycles. The topological polar surface area (TPSA) is 46.3 Å². The van der Waals surface area contributed by atoms with Crippen LogP contribution in [0.3, 0.4) is 0 Å². The summed E-state index contributed by atoms with van der Waals surface area (Å²) in [7, 11) is 3.52. The molecule has 2 rings (SSSR count). The highest BCUT2D eigenvalue weighted by Crippen LogP contribution is 2.40. The Kier molecular flexibility index (Phi) is 4.37. The predicted molar refractivity (Wildman–Crippen MR) is 91.0 cm³/mol. The number of nitrogens with zero attached hydrogens (tertiary/aromatic N) is 1. The molecule has 0 bridgehead atoms. The third-order valence-corrected chi connectivity index (χ3v) is 4.91. The number of carbonyl (C=O) groups is 1. The molecule has 112 valence electrons. The molecule has 0 fully saturated rings. The highest BCUT2D eigenvalue weighted by molar-refractivity contribution is 7.17. The molecule has 0 aliphatic rings. The van der Waals surface area contributed by atoms with E-state index < -0.39 is 0 Å². The van der Waals surface area contributed by atoms with Crippen molar-refractivity contribution in [3.63, 3.8) is 0 Å². The molecule has 0 unspecified atom stereocenters. The first-order valence-electron chi connectivity index (χ1n) is 7.07. The van der Waals surface area contributed by atoms with Crippen LogP contribution in [0, 0.1) is 13.8 Å². The van der Waals surface area contributed by atoms with Crippen LogP contribution < -0.4 is 5.73 Å². The number of benzene rings is 1. The molecule has 1 aromatic carbocycles. The third kappa shape index (κ3) is 2.81. The Balaban J connectivity index is 2.71. The van der Waals surface area contributed by atoms with E-state index >= 15 is 0 Å². The second-order valence-corrected chi connectivity index (χ2v) is 6.63. The maximum absolute atomic E-state index is 12.5. The number of thiophene rings is 1.